The SMILES string of the molecule is CN(C)C(CNC(=O)C1(c2cccc(F)c2)CCCC1)c1cccc(F)c1. The maximum absolute atomic E-state index is 13.8. The molecular weight excluding hydrogens is 346 g/mol. The van der Waals surface area contributed by atoms with Crippen molar-refractivity contribution in [2.45, 2.75) is 37.1 Å². The van der Waals surface area contributed by atoms with Gasteiger partial charge < -0.3 is 10.2 Å². The van der Waals surface area contributed by atoms with E-state index in [1.165, 1.54) is 24.3 Å². The molecule has 2 aromatic rings. The molecule has 144 valence electrons. The maximum Gasteiger partial charge on any atom is 0.230 e. The molecule has 5 heteroatoms. The summed E-state index contributed by atoms with van der Waals surface area (Å²) in [6, 6.07) is 12.7. The fraction of sp³-hybridized carbons (Fsp3) is 0.409. The molecule has 0 heterocycles. The molecule has 1 unspecified atom stereocenters. The van der Waals surface area contributed by atoms with Crippen molar-refractivity contribution in [1.82, 2.24) is 10.2 Å². The Morgan fingerprint density at radius 3 is 2.30 bits per heavy atom. The zero-order valence-electron chi connectivity index (χ0n) is 15.8. The zero-order valence-corrected chi connectivity index (χ0v) is 15.8. The van der Waals surface area contributed by atoms with Crippen molar-refractivity contribution in [3.63, 3.8) is 0 Å². The molecule has 1 N–H and O–H groups in total. The van der Waals surface area contributed by atoms with E-state index >= 15 is 0 Å². The molecule has 3 nitrogen and oxygen atoms in total. The van der Waals surface area contributed by atoms with Crippen molar-refractivity contribution in [2.24, 2.45) is 0 Å². The van der Waals surface area contributed by atoms with Gasteiger partial charge in [-0.15, -0.1) is 0 Å². The normalized spacial score (nSPS) is 17.1. The van der Waals surface area contributed by atoms with Crippen molar-refractivity contribution in [1.29, 1.82) is 0 Å². The van der Waals surface area contributed by atoms with Crippen LogP contribution in [0.4, 0.5) is 8.78 Å². The maximum atomic E-state index is 13.8. The van der Waals surface area contributed by atoms with Crippen molar-refractivity contribution in [3.8, 4) is 0 Å². The van der Waals surface area contributed by atoms with Gasteiger partial charge in [-0.25, -0.2) is 8.78 Å². The van der Waals surface area contributed by atoms with Gasteiger partial charge in [0.2, 0.25) is 5.91 Å². The Labute approximate surface area is 159 Å². The molecule has 3 rings (SSSR count). The van der Waals surface area contributed by atoms with Gasteiger partial charge in [0, 0.05) is 6.54 Å². The summed E-state index contributed by atoms with van der Waals surface area (Å²) >= 11 is 0. The summed E-state index contributed by atoms with van der Waals surface area (Å²) in [6.45, 7) is 0.367. The van der Waals surface area contributed by atoms with Gasteiger partial charge in [-0.3, -0.25) is 4.79 Å². The van der Waals surface area contributed by atoms with Crippen LogP contribution in [-0.2, 0) is 10.2 Å². The van der Waals surface area contributed by atoms with Crippen LogP contribution in [0, 0.1) is 11.6 Å². The average Bonchev–Trinajstić information content (AvgIpc) is 3.13. The topological polar surface area (TPSA) is 32.3 Å². The lowest BCUT2D eigenvalue weighted by Crippen LogP contribution is -2.45. The van der Waals surface area contributed by atoms with Gasteiger partial charge in [0.1, 0.15) is 11.6 Å². The Morgan fingerprint density at radius 2 is 1.70 bits per heavy atom. The molecule has 2 aromatic carbocycles. The summed E-state index contributed by atoms with van der Waals surface area (Å²) in [5.41, 5.74) is 0.872. The predicted octanol–water partition coefficient (Wildman–Crippen LogP) is 4.20. The van der Waals surface area contributed by atoms with E-state index in [1.807, 2.05) is 31.1 Å². The van der Waals surface area contributed by atoms with Gasteiger partial charge in [0.25, 0.3) is 0 Å². The summed E-state index contributed by atoms with van der Waals surface area (Å²) in [5, 5.41) is 3.06. The van der Waals surface area contributed by atoms with E-state index in [0.29, 0.717) is 6.54 Å². The van der Waals surface area contributed by atoms with Gasteiger partial charge in [-0.1, -0.05) is 37.1 Å². The van der Waals surface area contributed by atoms with Crippen molar-refractivity contribution < 1.29 is 13.6 Å². The van der Waals surface area contributed by atoms with Crippen LogP contribution in [-0.4, -0.2) is 31.4 Å². The Morgan fingerprint density at radius 1 is 1.07 bits per heavy atom. The number of amides is 1. The average molecular weight is 372 g/mol. The summed E-state index contributed by atoms with van der Waals surface area (Å²) in [5.74, 6) is -0.691. The van der Waals surface area contributed by atoms with E-state index in [1.54, 1.807) is 12.1 Å². The standard InChI is InChI=1S/C22H26F2N2O/c1-26(2)20(16-7-5-9-18(23)13-16)15-25-21(27)22(11-3-4-12-22)17-8-6-10-19(24)14-17/h5-10,13-14,20H,3-4,11-12,15H2,1-2H3,(H,25,27). The monoisotopic (exact) mass is 372 g/mol. The quantitative estimate of drug-likeness (QED) is 0.824. The first-order valence-corrected chi connectivity index (χ1v) is 9.39. The molecule has 0 aliphatic heterocycles. The number of carbonyl (C=O) groups is 1. The van der Waals surface area contributed by atoms with E-state index in [9.17, 15) is 13.6 Å². The lowest BCUT2D eigenvalue weighted by atomic mass is 9.78. The van der Waals surface area contributed by atoms with Crippen LogP contribution < -0.4 is 5.32 Å². The van der Waals surface area contributed by atoms with Gasteiger partial charge in [0.15, 0.2) is 0 Å². The van der Waals surface area contributed by atoms with Crippen LogP contribution in [0.1, 0.15) is 42.9 Å². The summed E-state index contributed by atoms with van der Waals surface area (Å²) in [4.78, 5) is 15.1. The minimum Gasteiger partial charge on any atom is -0.353 e. The Hall–Kier alpha value is -2.27. The second kappa shape index (κ2) is 8.17. The number of likely N-dealkylation sites (N-methyl/N-ethyl adjacent to an activating group) is 1. The molecule has 1 atom stereocenters. The molecule has 27 heavy (non-hydrogen) atoms. The van der Waals surface area contributed by atoms with Gasteiger partial charge in [-0.05, 0) is 62.3 Å². The van der Waals surface area contributed by atoms with Crippen LogP contribution in [0.2, 0.25) is 0 Å². The number of benzene rings is 2. The van der Waals surface area contributed by atoms with E-state index in [0.717, 1.165) is 36.8 Å². The summed E-state index contributed by atoms with van der Waals surface area (Å²) < 4.78 is 27.4. The van der Waals surface area contributed by atoms with E-state index in [4.69, 9.17) is 0 Å². The fourth-order valence-electron chi connectivity index (χ4n) is 4.08. The summed E-state index contributed by atoms with van der Waals surface area (Å²) in [6.07, 6.45) is 3.33. The van der Waals surface area contributed by atoms with Crippen LogP contribution in [0.3, 0.4) is 0 Å². The van der Waals surface area contributed by atoms with Crippen LogP contribution in [0.5, 0.6) is 0 Å². The number of hydrogen-bond donors (Lipinski definition) is 1. The molecular formula is C22H26F2N2O. The van der Waals surface area contributed by atoms with Crippen LogP contribution in [0.25, 0.3) is 0 Å². The molecule has 1 fully saturated rings. The second-order valence-electron chi connectivity index (χ2n) is 7.54. The lowest BCUT2D eigenvalue weighted by molar-refractivity contribution is -0.126. The van der Waals surface area contributed by atoms with Crippen LogP contribution >= 0.6 is 0 Å². The Balaban J connectivity index is 1.79. The number of carbonyl (C=O) groups excluding carboxylic acids is 1. The van der Waals surface area contributed by atoms with E-state index in [-0.39, 0.29) is 23.6 Å². The molecule has 0 aromatic heterocycles. The number of nitrogens with zero attached hydrogens (tertiary/aromatic N) is 1. The fourth-order valence-corrected chi connectivity index (χ4v) is 4.08. The number of hydrogen-bond acceptors (Lipinski definition) is 2. The molecule has 0 spiro atoms. The van der Waals surface area contributed by atoms with Gasteiger partial charge >= 0.3 is 0 Å². The highest BCUT2D eigenvalue weighted by atomic mass is 19.1. The number of halogens is 2. The lowest BCUT2D eigenvalue weighted by Gasteiger charge is -2.31. The second-order valence-corrected chi connectivity index (χ2v) is 7.54. The molecule has 0 bridgehead atoms. The highest BCUT2D eigenvalue weighted by molar-refractivity contribution is 5.88. The first kappa shape index (κ1) is 19.5. The molecule has 0 saturated heterocycles. The number of nitrogens with one attached hydrogen (secondary N) is 1. The Bertz CT molecular complexity index is 800. The third kappa shape index (κ3) is 4.19. The molecule has 1 aliphatic rings. The third-order valence-corrected chi connectivity index (χ3v) is 5.58. The molecule has 1 amide bonds. The first-order chi connectivity index (χ1) is 12.9. The van der Waals surface area contributed by atoms with E-state index in [2.05, 4.69) is 5.32 Å². The minimum absolute atomic E-state index is 0.0751. The smallest absolute Gasteiger partial charge is 0.230 e. The third-order valence-electron chi connectivity index (χ3n) is 5.58. The van der Waals surface area contributed by atoms with Crippen molar-refractivity contribution in [2.75, 3.05) is 20.6 Å². The first-order valence-electron chi connectivity index (χ1n) is 9.39. The largest absolute Gasteiger partial charge is 0.353 e. The van der Waals surface area contributed by atoms with Gasteiger partial charge in [0.05, 0.1) is 11.5 Å². The molecule has 1 aliphatic carbocycles. The molecule has 1 saturated carbocycles. The highest BCUT2D eigenvalue weighted by Crippen LogP contribution is 2.41. The Kier molecular flexibility index (Phi) is 5.90. The summed E-state index contributed by atoms with van der Waals surface area (Å²) in [7, 11) is 3.80. The minimum atomic E-state index is -0.680. The molecule has 0 radical (unpaired) electrons. The zero-order chi connectivity index (χ0) is 19.4. The number of rotatable bonds is 6. The van der Waals surface area contributed by atoms with Gasteiger partial charge in [-0.2, -0.15) is 0 Å². The van der Waals surface area contributed by atoms with Crippen molar-refractivity contribution in [3.05, 3.63) is 71.3 Å². The highest BCUT2D eigenvalue weighted by Gasteiger charge is 2.42. The van der Waals surface area contributed by atoms with E-state index < -0.39 is 5.41 Å². The van der Waals surface area contributed by atoms with Crippen LogP contribution in [0.15, 0.2) is 48.5 Å². The van der Waals surface area contributed by atoms with Crippen molar-refractivity contribution >= 4 is 5.91 Å². The predicted molar refractivity (Wildman–Crippen MR) is 102 cm³/mol.